The van der Waals surface area contributed by atoms with Gasteiger partial charge in [-0.25, -0.2) is 8.78 Å². The highest BCUT2D eigenvalue weighted by molar-refractivity contribution is 5.27. The Bertz CT molecular complexity index is 614. The van der Waals surface area contributed by atoms with E-state index in [1.807, 2.05) is 19.9 Å². The molecule has 0 fully saturated rings. The van der Waals surface area contributed by atoms with Crippen LogP contribution in [0.5, 0.6) is 0 Å². The summed E-state index contributed by atoms with van der Waals surface area (Å²) in [4.78, 5) is 0. The highest BCUT2D eigenvalue weighted by Crippen LogP contribution is 2.22. The number of hydrogen-bond donors (Lipinski definition) is 1. The number of likely N-dealkylation sites (N-methyl/N-ethyl adjacent to an activating group) is 1. The average molecular weight is 277 g/mol. The van der Waals surface area contributed by atoms with Crippen molar-refractivity contribution in [2.75, 3.05) is 7.05 Å². The van der Waals surface area contributed by atoms with Crippen LogP contribution in [0.15, 0.2) is 24.3 Å². The molecule has 5 heteroatoms. The van der Waals surface area contributed by atoms with Gasteiger partial charge in [-0.1, -0.05) is 0 Å². The fraction of sp³-hybridized carbons (Fsp3) is 0.333. The van der Waals surface area contributed by atoms with Gasteiger partial charge < -0.3 is 5.32 Å². The van der Waals surface area contributed by atoms with Crippen molar-refractivity contribution in [2.24, 2.45) is 0 Å². The fourth-order valence-electron chi connectivity index (χ4n) is 2.21. The maximum absolute atomic E-state index is 13.7. The molecule has 1 unspecified atom stereocenters. The first-order valence-corrected chi connectivity index (χ1v) is 6.43. The Morgan fingerprint density at radius 3 is 2.60 bits per heavy atom. The lowest BCUT2D eigenvalue weighted by atomic mass is 9.97. The molecule has 3 nitrogen and oxygen atoms in total. The van der Waals surface area contributed by atoms with Crippen molar-refractivity contribution in [2.45, 2.75) is 26.3 Å². The molecular weight excluding hydrogens is 260 g/mol. The van der Waals surface area contributed by atoms with Gasteiger partial charge in [0.25, 0.3) is 0 Å². The van der Waals surface area contributed by atoms with Crippen LogP contribution in [0.4, 0.5) is 8.78 Å². The van der Waals surface area contributed by atoms with Crippen molar-refractivity contribution >= 4 is 0 Å². The maximum atomic E-state index is 13.7. The molecule has 1 aromatic carbocycles. The van der Waals surface area contributed by atoms with Crippen molar-refractivity contribution in [1.82, 2.24) is 15.5 Å². The van der Waals surface area contributed by atoms with Crippen LogP contribution in [0, 0.1) is 25.5 Å². The maximum Gasteiger partial charge on any atom is 0.126 e. The zero-order valence-corrected chi connectivity index (χ0v) is 11.7. The van der Waals surface area contributed by atoms with Crippen LogP contribution in [0.3, 0.4) is 0 Å². The van der Waals surface area contributed by atoms with Crippen LogP contribution >= 0.6 is 0 Å². The number of rotatable bonds is 4. The summed E-state index contributed by atoms with van der Waals surface area (Å²) >= 11 is 0. The summed E-state index contributed by atoms with van der Waals surface area (Å²) in [5, 5.41) is 11.2. The van der Waals surface area contributed by atoms with Crippen LogP contribution in [0.1, 0.15) is 28.6 Å². The van der Waals surface area contributed by atoms with Gasteiger partial charge in [-0.3, -0.25) is 0 Å². The normalized spacial score (nSPS) is 12.4. The molecule has 1 N–H and O–H groups in total. The Kier molecular flexibility index (Phi) is 4.39. The van der Waals surface area contributed by atoms with E-state index in [1.165, 1.54) is 6.07 Å². The minimum absolute atomic E-state index is 0.138. The monoisotopic (exact) mass is 277 g/mol. The number of aryl methyl sites for hydroxylation is 2. The van der Waals surface area contributed by atoms with Crippen molar-refractivity contribution in [3.05, 3.63) is 58.4 Å². The molecule has 2 rings (SSSR count). The third-order valence-corrected chi connectivity index (χ3v) is 3.30. The molecule has 0 saturated carbocycles. The number of benzene rings is 1. The summed E-state index contributed by atoms with van der Waals surface area (Å²) in [5.41, 5.74) is 2.87. The molecule has 20 heavy (non-hydrogen) atoms. The second-order valence-electron chi connectivity index (χ2n) is 4.81. The van der Waals surface area contributed by atoms with Crippen molar-refractivity contribution in [3.63, 3.8) is 0 Å². The number of nitrogens with one attached hydrogen (secondary N) is 1. The van der Waals surface area contributed by atoms with Crippen LogP contribution in [-0.4, -0.2) is 17.2 Å². The highest BCUT2D eigenvalue weighted by atomic mass is 19.1. The zero-order valence-electron chi connectivity index (χ0n) is 11.7. The standard InChI is InChI=1S/C15H17F2N3/c1-9-6-13(10(2)20-19-9)15(18-3)8-11-7-12(16)4-5-14(11)17/h4-7,15,18H,8H2,1-3H3. The minimum atomic E-state index is -0.433. The molecule has 0 spiro atoms. The smallest absolute Gasteiger partial charge is 0.126 e. The van der Waals surface area contributed by atoms with Crippen LogP contribution in [0.2, 0.25) is 0 Å². The van der Waals surface area contributed by atoms with Gasteiger partial charge in [0.15, 0.2) is 0 Å². The van der Waals surface area contributed by atoms with Crippen LogP contribution in [-0.2, 0) is 6.42 Å². The Morgan fingerprint density at radius 2 is 1.90 bits per heavy atom. The molecule has 0 radical (unpaired) electrons. The predicted octanol–water partition coefficient (Wildman–Crippen LogP) is 2.87. The number of nitrogens with zero attached hydrogens (tertiary/aromatic N) is 2. The molecule has 0 bridgehead atoms. The molecule has 0 saturated heterocycles. The topological polar surface area (TPSA) is 37.8 Å². The highest BCUT2D eigenvalue weighted by Gasteiger charge is 2.16. The number of halogens is 2. The molecule has 1 aromatic heterocycles. The van der Waals surface area contributed by atoms with E-state index in [0.29, 0.717) is 12.0 Å². The summed E-state index contributed by atoms with van der Waals surface area (Å²) in [6.07, 6.45) is 0.353. The third kappa shape index (κ3) is 3.17. The van der Waals surface area contributed by atoms with Gasteiger partial charge in [-0.2, -0.15) is 10.2 Å². The van der Waals surface area contributed by atoms with E-state index in [0.717, 1.165) is 29.1 Å². The predicted molar refractivity (Wildman–Crippen MR) is 73.4 cm³/mol. The lowest BCUT2D eigenvalue weighted by molar-refractivity contribution is 0.539. The van der Waals surface area contributed by atoms with E-state index in [4.69, 9.17) is 0 Å². The van der Waals surface area contributed by atoms with Gasteiger partial charge in [-0.15, -0.1) is 0 Å². The first kappa shape index (κ1) is 14.5. The SMILES string of the molecule is CNC(Cc1cc(F)ccc1F)c1cc(C)nnc1C. The molecule has 0 aliphatic heterocycles. The lowest BCUT2D eigenvalue weighted by Crippen LogP contribution is -2.21. The Hall–Kier alpha value is -1.88. The van der Waals surface area contributed by atoms with E-state index in [-0.39, 0.29) is 6.04 Å². The summed E-state index contributed by atoms with van der Waals surface area (Å²) < 4.78 is 27.0. The summed E-state index contributed by atoms with van der Waals surface area (Å²) in [5.74, 6) is -0.833. The molecule has 0 aliphatic rings. The average Bonchev–Trinajstić information content (AvgIpc) is 2.42. The van der Waals surface area contributed by atoms with Gasteiger partial charge in [0.05, 0.1) is 11.4 Å². The Labute approximate surface area is 117 Å². The number of hydrogen-bond acceptors (Lipinski definition) is 3. The van der Waals surface area contributed by atoms with Crippen molar-refractivity contribution in [1.29, 1.82) is 0 Å². The number of aromatic nitrogens is 2. The first-order chi connectivity index (χ1) is 9.51. The van der Waals surface area contributed by atoms with Gasteiger partial charge in [0, 0.05) is 6.04 Å². The van der Waals surface area contributed by atoms with Gasteiger partial charge in [0.1, 0.15) is 11.6 Å². The van der Waals surface area contributed by atoms with E-state index < -0.39 is 11.6 Å². The van der Waals surface area contributed by atoms with E-state index >= 15 is 0 Å². The van der Waals surface area contributed by atoms with Gasteiger partial charge >= 0.3 is 0 Å². The largest absolute Gasteiger partial charge is 0.313 e. The first-order valence-electron chi connectivity index (χ1n) is 6.43. The molecule has 1 atom stereocenters. The quantitative estimate of drug-likeness (QED) is 0.933. The zero-order chi connectivity index (χ0) is 14.7. The van der Waals surface area contributed by atoms with E-state index in [1.54, 1.807) is 7.05 Å². The third-order valence-electron chi connectivity index (χ3n) is 3.30. The second-order valence-corrected chi connectivity index (χ2v) is 4.81. The summed E-state index contributed by atoms with van der Waals surface area (Å²) in [6, 6.07) is 5.29. The Morgan fingerprint density at radius 1 is 1.15 bits per heavy atom. The lowest BCUT2D eigenvalue weighted by Gasteiger charge is -2.19. The molecule has 106 valence electrons. The fourth-order valence-corrected chi connectivity index (χ4v) is 2.21. The van der Waals surface area contributed by atoms with E-state index in [9.17, 15) is 8.78 Å². The molecule has 2 aromatic rings. The molecular formula is C15H17F2N3. The molecule has 0 aliphatic carbocycles. The van der Waals surface area contributed by atoms with Crippen molar-refractivity contribution in [3.8, 4) is 0 Å². The van der Waals surface area contributed by atoms with E-state index in [2.05, 4.69) is 15.5 Å². The second kappa shape index (κ2) is 6.05. The molecule has 1 heterocycles. The van der Waals surface area contributed by atoms with Crippen LogP contribution < -0.4 is 5.32 Å². The summed E-state index contributed by atoms with van der Waals surface area (Å²) in [6.45, 7) is 3.71. The van der Waals surface area contributed by atoms with Gasteiger partial charge in [-0.05, 0) is 62.7 Å². The van der Waals surface area contributed by atoms with Crippen molar-refractivity contribution < 1.29 is 8.78 Å². The summed E-state index contributed by atoms with van der Waals surface area (Å²) in [7, 11) is 1.79. The molecule has 0 amide bonds. The van der Waals surface area contributed by atoms with Crippen LogP contribution in [0.25, 0.3) is 0 Å². The van der Waals surface area contributed by atoms with Gasteiger partial charge in [0.2, 0.25) is 0 Å². The minimum Gasteiger partial charge on any atom is -0.313 e. The Balaban J connectivity index is 2.33.